The Kier molecular flexibility index (Phi) is 3.80. The summed E-state index contributed by atoms with van der Waals surface area (Å²) in [5, 5.41) is 15.2. The molecule has 4 fully saturated rings. The van der Waals surface area contributed by atoms with E-state index in [0.29, 0.717) is 6.42 Å². The number of hydrogen-bond donors (Lipinski definition) is 3. The van der Waals surface area contributed by atoms with E-state index in [1.54, 1.807) is 0 Å². The molecule has 4 nitrogen and oxygen atoms in total. The van der Waals surface area contributed by atoms with Gasteiger partial charge in [0, 0.05) is 17.8 Å². The number of benzene rings is 1. The molecule has 1 aromatic carbocycles. The molecule has 0 atom stereocenters. The zero-order chi connectivity index (χ0) is 15.9. The first-order chi connectivity index (χ1) is 11.1. The van der Waals surface area contributed by atoms with E-state index in [0.717, 1.165) is 29.0 Å². The van der Waals surface area contributed by atoms with Gasteiger partial charge in [0.05, 0.1) is 0 Å². The second-order valence-electron chi connectivity index (χ2n) is 7.95. The second kappa shape index (κ2) is 5.82. The molecule has 4 aliphatic rings. The third-order valence-corrected chi connectivity index (χ3v) is 6.03. The molecule has 4 aliphatic carbocycles. The number of nitrogens with one attached hydrogen (secondary N) is 2. The lowest BCUT2D eigenvalue weighted by Crippen LogP contribution is -2.60. The van der Waals surface area contributed by atoms with Crippen LogP contribution in [0.2, 0.25) is 0 Å². The van der Waals surface area contributed by atoms with Crippen LogP contribution in [0.5, 0.6) is 0 Å². The molecule has 0 heterocycles. The highest BCUT2D eigenvalue weighted by Crippen LogP contribution is 2.55. The van der Waals surface area contributed by atoms with Gasteiger partial charge in [0.2, 0.25) is 0 Å². The normalized spacial score (nSPS) is 34.4. The van der Waals surface area contributed by atoms with Gasteiger partial charge in [-0.15, -0.1) is 0 Å². The standard InChI is InChI=1S/C19H26N2O2/c22-6-5-13-1-3-17(4-2-13)20-18(23)21-19-10-14-7-15(11-19)9-16(8-14)12-19/h1-4,14-16,22H,5-12H2,(H2,20,21,23). The predicted molar refractivity (Wildman–Crippen MR) is 90.3 cm³/mol. The summed E-state index contributed by atoms with van der Waals surface area (Å²) < 4.78 is 0. The van der Waals surface area contributed by atoms with E-state index in [4.69, 9.17) is 5.11 Å². The second-order valence-corrected chi connectivity index (χ2v) is 7.95. The van der Waals surface area contributed by atoms with Crippen LogP contribution in [0.1, 0.15) is 44.1 Å². The maximum atomic E-state index is 12.4. The van der Waals surface area contributed by atoms with Gasteiger partial charge >= 0.3 is 6.03 Å². The molecule has 4 heteroatoms. The number of aliphatic hydroxyl groups excluding tert-OH is 1. The summed E-state index contributed by atoms with van der Waals surface area (Å²) in [4.78, 5) is 12.4. The van der Waals surface area contributed by atoms with Gasteiger partial charge in [-0.25, -0.2) is 4.79 Å². The van der Waals surface area contributed by atoms with Crippen molar-refractivity contribution >= 4 is 11.7 Å². The number of carbonyl (C=O) groups is 1. The van der Waals surface area contributed by atoms with Crippen molar-refractivity contribution in [1.82, 2.24) is 5.32 Å². The Morgan fingerprint density at radius 1 is 1.04 bits per heavy atom. The molecule has 0 saturated heterocycles. The van der Waals surface area contributed by atoms with Crippen LogP contribution < -0.4 is 10.6 Å². The molecule has 5 rings (SSSR count). The Bertz CT molecular complexity index is 546. The first kappa shape index (κ1) is 15.0. The van der Waals surface area contributed by atoms with E-state index in [-0.39, 0.29) is 18.2 Å². The van der Waals surface area contributed by atoms with Crippen molar-refractivity contribution in [2.45, 2.75) is 50.5 Å². The maximum absolute atomic E-state index is 12.4. The lowest BCUT2D eigenvalue weighted by atomic mass is 9.53. The van der Waals surface area contributed by atoms with Gasteiger partial charge in [-0.1, -0.05) is 12.1 Å². The van der Waals surface area contributed by atoms with Crippen molar-refractivity contribution in [3.63, 3.8) is 0 Å². The molecule has 1 aromatic rings. The third kappa shape index (κ3) is 3.09. The smallest absolute Gasteiger partial charge is 0.319 e. The number of anilines is 1. The van der Waals surface area contributed by atoms with Crippen molar-refractivity contribution < 1.29 is 9.90 Å². The topological polar surface area (TPSA) is 61.4 Å². The average Bonchev–Trinajstić information content (AvgIpc) is 2.47. The van der Waals surface area contributed by atoms with E-state index in [1.165, 1.54) is 38.5 Å². The first-order valence-corrected chi connectivity index (χ1v) is 8.93. The van der Waals surface area contributed by atoms with E-state index >= 15 is 0 Å². The molecule has 4 bridgehead atoms. The minimum atomic E-state index is -0.0677. The van der Waals surface area contributed by atoms with Crippen molar-refractivity contribution in [3.05, 3.63) is 29.8 Å². The van der Waals surface area contributed by atoms with Crippen LogP contribution in [-0.4, -0.2) is 23.3 Å². The van der Waals surface area contributed by atoms with E-state index in [1.807, 2.05) is 24.3 Å². The number of carbonyl (C=O) groups excluding carboxylic acids is 1. The average molecular weight is 314 g/mol. The largest absolute Gasteiger partial charge is 0.396 e. The van der Waals surface area contributed by atoms with Crippen LogP contribution in [0.25, 0.3) is 0 Å². The fourth-order valence-electron chi connectivity index (χ4n) is 5.55. The summed E-state index contributed by atoms with van der Waals surface area (Å²) in [7, 11) is 0. The Balaban J connectivity index is 1.38. The number of aliphatic hydroxyl groups is 1. The monoisotopic (exact) mass is 314 g/mol. The highest BCUT2D eigenvalue weighted by molar-refractivity contribution is 5.89. The van der Waals surface area contributed by atoms with Gasteiger partial charge in [-0.2, -0.15) is 0 Å². The van der Waals surface area contributed by atoms with Gasteiger partial charge in [-0.3, -0.25) is 0 Å². The molecule has 0 radical (unpaired) electrons. The van der Waals surface area contributed by atoms with Crippen LogP contribution in [-0.2, 0) is 6.42 Å². The molecule has 0 spiro atoms. The molecule has 0 aliphatic heterocycles. The fourth-order valence-corrected chi connectivity index (χ4v) is 5.55. The lowest BCUT2D eigenvalue weighted by molar-refractivity contribution is -0.0127. The highest BCUT2D eigenvalue weighted by Gasteiger charge is 2.51. The third-order valence-electron chi connectivity index (χ3n) is 6.03. The Hall–Kier alpha value is -1.55. The molecule has 3 N–H and O–H groups in total. The number of hydrogen-bond acceptors (Lipinski definition) is 2. The summed E-state index contributed by atoms with van der Waals surface area (Å²) in [6.07, 6.45) is 8.31. The summed E-state index contributed by atoms with van der Waals surface area (Å²) >= 11 is 0. The van der Waals surface area contributed by atoms with E-state index in [2.05, 4.69) is 10.6 Å². The predicted octanol–water partition coefficient (Wildman–Crippen LogP) is 3.31. The van der Waals surface area contributed by atoms with Crippen molar-refractivity contribution in [2.24, 2.45) is 17.8 Å². The minimum Gasteiger partial charge on any atom is -0.396 e. The lowest BCUT2D eigenvalue weighted by Gasteiger charge is -2.56. The fraction of sp³-hybridized carbons (Fsp3) is 0.632. The van der Waals surface area contributed by atoms with Crippen molar-refractivity contribution in [1.29, 1.82) is 0 Å². The zero-order valence-corrected chi connectivity index (χ0v) is 13.6. The SMILES string of the molecule is O=C(Nc1ccc(CCO)cc1)NC12CC3CC(CC(C3)C1)C2. The molecule has 124 valence electrons. The molecule has 2 amide bonds. The molecular formula is C19H26N2O2. The van der Waals surface area contributed by atoms with Gasteiger partial charge in [0.15, 0.2) is 0 Å². The molecule has 0 unspecified atom stereocenters. The Labute approximate surface area is 137 Å². The van der Waals surface area contributed by atoms with Gasteiger partial charge in [-0.05, 0) is 80.4 Å². The Morgan fingerprint density at radius 3 is 2.13 bits per heavy atom. The zero-order valence-electron chi connectivity index (χ0n) is 13.6. The molecule has 23 heavy (non-hydrogen) atoms. The summed E-state index contributed by atoms with van der Waals surface area (Å²) in [6, 6.07) is 7.66. The quantitative estimate of drug-likeness (QED) is 0.798. The van der Waals surface area contributed by atoms with Crippen LogP contribution in [0.15, 0.2) is 24.3 Å². The Morgan fingerprint density at radius 2 is 1.61 bits per heavy atom. The summed E-state index contributed by atoms with van der Waals surface area (Å²) in [5.41, 5.74) is 1.95. The van der Waals surface area contributed by atoms with Crippen LogP contribution >= 0.6 is 0 Å². The van der Waals surface area contributed by atoms with Gasteiger partial charge in [0.1, 0.15) is 0 Å². The van der Waals surface area contributed by atoms with Crippen LogP contribution in [0.4, 0.5) is 10.5 Å². The first-order valence-electron chi connectivity index (χ1n) is 8.93. The highest BCUT2D eigenvalue weighted by atomic mass is 16.3. The minimum absolute atomic E-state index is 0.0513. The van der Waals surface area contributed by atoms with Crippen LogP contribution in [0, 0.1) is 17.8 Å². The van der Waals surface area contributed by atoms with Gasteiger partial charge in [0.25, 0.3) is 0 Å². The van der Waals surface area contributed by atoms with Gasteiger partial charge < -0.3 is 15.7 Å². The van der Waals surface area contributed by atoms with E-state index < -0.39 is 0 Å². The van der Waals surface area contributed by atoms with Crippen LogP contribution in [0.3, 0.4) is 0 Å². The summed E-state index contributed by atoms with van der Waals surface area (Å²) in [6.45, 7) is 0.152. The number of urea groups is 1. The molecular weight excluding hydrogens is 288 g/mol. The van der Waals surface area contributed by atoms with E-state index in [9.17, 15) is 4.79 Å². The molecule has 4 saturated carbocycles. The maximum Gasteiger partial charge on any atom is 0.319 e. The van der Waals surface area contributed by atoms with Crippen molar-refractivity contribution in [3.8, 4) is 0 Å². The van der Waals surface area contributed by atoms with Crippen molar-refractivity contribution in [2.75, 3.05) is 11.9 Å². The molecule has 0 aromatic heterocycles. The number of rotatable bonds is 4. The number of amides is 2. The summed E-state index contributed by atoms with van der Waals surface area (Å²) in [5.74, 6) is 2.50.